The third-order valence-corrected chi connectivity index (χ3v) is 6.53. The molecule has 1 aromatic carbocycles. The average Bonchev–Trinajstić information content (AvgIpc) is 3.28. The van der Waals surface area contributed by atoms with E-state index in [0.29, 0.717) is 24.4 Å². The Labute approximate surface area is 168 Å². The van der Waals surface area contributed by atoms with E-state index in [1.807, 2.05) is 33.6 Å². The molecule has 0 amide bonds. The topological polar surface area (TPSA) is 88.8 Å². The number of rotatable bonds is 5. The average molecular weight is 419 g/mol. The number of H-pyrrole nitrogens is 1. The van der Waals surface area contributed by atoms with Gasteiger partial charge in [0.2, 0.25) is 10.0 Å². The predicted octanol–water partition coefficient (Wildman–Crippen LogP) is 2.31. The molecule has 3 aromatic rings. The van der Waals surface area contributed by atoms with Gasteiger partial charge in [-0.05, 0) is 30.6 Å². The van der Waals surface area contributed by atoms with Crippen molar-refractivity contribution in [1.29, 1.82) is 0 Å². The molecule has 8 nitrogen and oxygen atoms in total. The van der Waals surface area contributed by atoms with Crippen LogP contribution in [0.1, 0.15) is 30.1 Å². The molecule has 1 atom stereocenters. The van der Waals surface area contributed by atoms with Gasteiger partial charge in [0, 0.05) is 25.2 Å². The second-order valence-corrected chi connectivity index (χ2v) is 9.43. The molecule has 4 rings (SSSR count). The highest BCUT2D eigenvalue weighted by Gasteiger charge is 2.30. The first-order valence-corrected chi connectivity index (χ1v) is 11.4. The highest BCUT2D eigenvalue weighted by atomic mass is 32.2. The maximum absolute atomic E-state index is 12.0. The molecule has 1 saturated heterocycles. The Kier molecular flexibility index (Phi) is 5.17. The summed E-state index contributed by atoms with van der Waals surface area (Å²) in [5, 5.41) is 11.7. The summed E-state index contributed by atoms with van der Waals surface area (Å²) in [6.45, 7) is 1.62. The Morgan fingerprint density at radius 2 is 2.07 bits per heavy atom. The predicted molar refractivity (Wildman–Crippen MR) is 108 cm³/mol. The second-order valence-electron chi connectivity index (χ2n) is 7.06. The minimum atomic E-state index is -3.22. The molecule has 28 heavy (non-hydrogen) atoms. The van der Waals surface area contributed by atoms with Crippen LogP contribution < -0.4 is 0 Å². The molecule has 0 saturated carbocycles. The van der Waals surface area contributed by atoms with E-state index in [9.17, 15) is 8.42 Å². The SMILES string of the molecule is CS(=O)(=O)N1CCC[C@@H](c2n[nH]c(=S)n2-c2cnn(Cc3ccccc3)c2)C1. The van der Waals surface area contributed by atoms with Gasteiger partial charge in [0.1, 0.15) is 5.82 Å². The highest BCUT2D eigenvalue weighted by molar-refractivity contribution is 7.88. The van der Waals surface area contributed by atoms with E-state index in [1.165, 1.54) is 10.6 Å². The maximum Gasteiger partial charge on any atom is 0.211 e. The van der Waals surface area contributed by atoms with E-state index in [4.69, 9.17) is 12.2 Å². The minimum absolute atomic E-state index is 0.0195. The van der Waals surface area contributed by atoms with Crippen LogP contribution in [0.4, 0.5) is 0 Å². The molecule has 0 aliphatic carbocycles. The van der Waals surface area contributed by atoms with Crippen LogP contribution in [0.25, 0.3) is 5.69 Å². The molecule has 1 aliphatic heterocycles. The van der Waals surface area contributed by atoms with Gasteiger partial charge in [0.25, 0.3) is 0 Å². The number of hydrogen-bond acceptors (Lipinski definition) is 5. The summed E-state index contributed by atoms with van der Waals surface area (Å²) in [4.78, 5) is 0. The Morgan fingerprint density at radius 3 is 2.82 bits per heavy atom. The first-order valence-electron chi connectivity index (χ1n) is 9.11. The fourth-order valence-corrected chi connectivity index (χ4v) is 4.77. The van der Waals surface area contributed by atoms with E-state index in [2.05, 4.69) is 27.4 Å². The van der Waals surface area contributed by atoms with Crippen molar-refractivity contribution >= 4 is 22.2 Å². The van der Waals surface area contributed by atoms with Crippen molar-refractivity contribution in [3.63, 3.8) is 0 Å². The highest BCUT2D eigenvalue weighted by Crippen LogP contribution is 2.28. The molecule has 2 aromatic heterocycles. The van der Waals surface area contributed by atoms with Crippen LogP contribution in [0, 0.1) is 4.77 Å². The van der Waals surface area contributed by atoms with Crippen LogP contribution in [-0.2, 0) is 16.6 Å². The summed E-state index contributed by atoms with van der Waals surface area (Å²) in [6.07, 6.45) is 6.60. The third kappa shape index (κ3) is 3.94. The van der Waals surface area contributed by atoms with Gasteiger partial charge in [-0.3, -0.25) is 14.3 Å². The van der Waals surface area contributed by atoms with Gasteiger partial charge >= 0.3 is 0 Å². The Bertz CT molecular complexity index is 1120. The van der Waals surface area contributed by atoms with Crippen molar-refractivity contribution in [3.05, 3.63) is 58.9 Å². The lowest BCUT2D eigenvalue weighted by molar-refractivity contribution is 0.309. The number of nitrogens with one attached hydrogen (secondary N) is 1. The van der Waals surface area contributed by atoms with Crippen LogP contribution in [0.3, 0.4) is 0 Å². The fourth-order valence-electron chi connectivity index (χ4n) is 3.61. The van der Waals surface area contributed by atoms with E-state index in [-0.39, 0.29) is 5.92 Å². The molecular weight excluding hydrogens is 396 g/mol. The Balaban J connectivity index is 1.62. The first-order chi connectivity index (χ1) is 13.4. The van der Waals surface area contributed by atoms with Gasteiger partial charge in [-0.25, -0.2) is 12.7 Å². The molecule has 0 unspecified atom stereocenters. The lowest BCUT2D eigenvalue weighted by Gasteiger charge is -2.30. The molecule has 1 aliphatic rings. The monoisotopic (exact) mass is 418 g/mol. The largest absolute Gasteiger partial charge is 0.269 e. The quantitative estimate of drug-likeness (QED) is 0.643. The zero-order valence-corrected chi connectivity index (χ0v) is 17.2. The molecule has 0 bridgehead atoms. The molecule has 0 spiro atoms. The molecule has 1 N–H and O–H groups in total. The van der Waals surface area contributed by atoms with Crippen LogP contribution in [0.15, 0.2) is 42.7 Å². The zero-order chi connectivity index (χ0) is 19.7. The Hall–Kier alpha value is -2.30. The second kappa shape index (κ2) is 7.61. The number of piperidine rings is 1. The van der Waals surface area contributed by atoms with Crippen LogP contribution in [0.2, 0.25) is 0 Å². The number of nitrogens with zero attached hydrogens (tertiary/aromatic N) is 5. The summed E-state index contributed by atoms with van der Waals surface area (Å²) in [5.41, 5.74) is 1.98. The van der Waals surface area contributed by atoms with E-state index in [0.717, 1.165) is 29.9 Å². The number of aromatic amines is 1. The summed E-state index contributed by atoms with van der Waals surface area (Å²) >= 11 is 5.44. The van der Waals surface area contributed by atoms with Gasteiger partial charge in [0.05, 0.1) is 24.7 Å². The zero-order valence-electron chi connectivity index (χ0n) is 15.5. The van der Waals surface area contributed by atoms with Gasteiger partial charge < -0.3 is 0 Å². The lowest BCUT2D eigenvalue weighted by atomic mass is 9.99. The van der Waals surface area contributed by atoms with Crippen molar-refractivity contribution in [2.24, 2.45) is 0 Å². The van der Waals surface area contributed by atoms with Gasteiger partial charge in [0.15, 0.2) is 4.77 Å². The van der Waals surface area contributed by atoms with Crippen LogP contribution in [0.5, 0.6) is 0 Å². The maximum atomic E-state index is 12.0. The number of benzene rings is 1. The van der Waals surface area contributed by atoms with E-state index >= 15 is 0 Å². The summed E-state index contributed by atoms with van der Waals surface area (Å²) < 4.78 is 29.6. The van der Waals surface area contributed by atoms with Crippen LogP contribution >= 0.6 is 12.2 Å². The molecule has 148 valence electrons. The van der Waals surface area contributed by atoms with Crippen molar-refractivity contribution in [3.8, 4) is 5.69 Å². The van der Waals surface area contributed by atoms with Crippen molar-refractivity contribution < 1.29 is 8.42 Å². The summed E-state index contributed by atoms with van der Waals surface area (Å²) in [5.74, 6) is 0.728. The molecule has 1 fully saturated rings. The third-order valence-electron chi connectivity index (χ3n) is 4.98. The molecular formula is C18H22N6O2S2. The number of hydrogen-bond donors (Lipinski definition) is 1. The van der Waals surface area contributed by atoms with Crippen molar-refractivity contribution in [2.75, 3.05) is 19.3 Å². The van der Waals surface area contributed by atoms with E-state index < -0.39 is 10.0 Å². The number of aromatic nitrogens is 5. The number of sulfonamides is 1. The minimum Gasteiger partial charge on any atom is -0.269 e. The molecule has 0 radical (unpaired) electrons. The molecule has 3 heterocycles. The standard InChI is InChI=1S/C18H22N6O2S2/c1-28(25,26)23-9-5-8-15(12-23)17-20-21-18(27)24(17)16-10-19-22(13-16)11-14-6-3-2-4-7-14/h2-4,6-7,10,13,15H,5,8-9,11-12H2,1H3,(H,21,27)/t15-/m1/s1. The van der Waals surface area contributed by atoms with Gasteiger partial charge in [-0.2, -0.15) is 10.2 Å². The van der Waals surface area contributed by atoms with Gasteiger partial charge in [-0.1, -0.05) is 30.3 Å². The summed E-state index contributed by atoms with van der Waals surface area (Å²) in [7, 11) is -3.22. The van der Waals surface area contributed by atoms with Crippen molar-refractivity contribution in [2.45, 2.75) is 25.3 Å². The van der Waals surface area contributed by atoms with E-state index in [1.54, 1.807) is 6.20 Å². The first kappa shape index (κ1) is 19.0. The normalized spacial score (nSPS) is 18.4. The molecule has 10 heteroatoms. The van der Waals surface area contributed by atoms with Crippen molar-refractivity contribution in [1.82, 2.24) is 28.9 Å². The van der Waals surface area contributed by atoms with Crippen LogP contribution in [-0.4, -0.2) is 56.6 Å². The fraction of sp³-hybridized carbons (Fsp3) is 0.389. The summed E-state index contributed by atoms with van der Waals surface area (Å²) in [6, 6.07) is 10.1. The van der Waals surface area contributed by atoms with Gasteiger partial charge in [-0.15, -0.1) is 0 Å². The Morgan fingerprint density at radius 1 is 1.29 bits per heavy atom. The lowest BCUT2D eigenvalue weighted by Crippen LogP contribution is -2.39. The smallest absolute Gasteiger partial charge is 0.211 e.